The van der Waals surface area contributed by atoms with Crippen molar-refractivity contribution < 1.29 is 0 Å². The average Bonchev–Trinajstić information content (AvgIpc) is 2.74. The Morgan fingerprint density at radius 3 is 2.62 bits per heavy atom. The SMILES string of the molecule is CCC(N)(CC)c1nc2cccc(Cl)c2s1. The van der Waals surface area contributed by atoms with Gasteiger partial charge in [0.05, 0.1) is 20.8 Å². The Morgan fingerprint density at radius 2 is 2.06 bits per heavy atom. The van der Waals surface area contributed by atoms with Crippen molar-refractivity contribution >= 4 is 33.2 Å². The van der Waals surface area contributed by atoms with Gasteiger partial charge in [-0.05, 0) is 25.0 Å². The summed E-state index contributed by atoms with van der Waals surface area (Å²) >= 11 is 7.75. The van der Waals surface area contributed by atoms with Crippen LogP contribution in [0.4, 0.5) is 0 Å². The van der Waals surface area contributed by atoms with Crippen LogP contribution in [0.15, 0.2) is 18.2 Å². The van der Waals surface area contributed by atoms with E-state index >= 15 is 0 Å². The smallest absolute Gasteiger partial charge is 0.114 e. The van der Waals surface area contributed by atoms with E-state index in [9.17, 15) is 0 Å². The standard InChI is InChI=1S/C12H15ClN2S/c1-3-12(14,4-2)11-15-9-7-5-6-8(13)10(9)16-11/h5-7H,3-4,14H2,1-2H3. The molecule has 1 aromatic heterocycles. The van der Waals surface area contributed by atoms with Gasteiger partial charge >= 0.3 is 0 Å². The third kappa shape index (κ3) is 1.83. The Kier molecular flexibility index (Phi) is 3.19. The normalized spacial score (nSPS) is 12.2. The van der Waals surface area contributed by atoms with Gasteiger partial charge in [0.25, 0.3) is 0 Å². The van der Waals surface area contributed by atoms with Crippen molar-refractivity contribution in [3.63, 3.8) is 0 Å². The van der Waals surface area contributed by atoms with Gasteiger partial charge in [-0.3, -0.25) is 0 Å². The third-order valence-electron chi connectivity index (χ3n) is 3.05. The Hall–Kier alpha value is -0.640. The zero-order chi connectivity index (χ0) is 11.8. The van der Waals surface area contributed by atoms with Gasteiger partial charge in [0.15, 0.2) is 0 Å². The van der Waals surface area contributed by atoms with E-state index in [4.69, 9.17) is 17.3 Å². The molecule has 0 aliphatic carbocycles. The van der Waals surface area contributed by atoms with Crippen molar-refractivity contribution in [3.05, 3.63) is 28.2 Å². The van der Waals surface area contributed by atoms with Gasteiger partial charge in [-0.25, -0.2) is 4.98 Å². The second-order valence-electron chi connectivity index (χ2n) is 3.97. The number of benzene rings is 1. The second kappa shape index (κ2) is 4.32. The predicted molar refractivity (Wildman–Crippen MR) is 71.1 cm³/mol. The molecule has 0 unspecified atom stereocenters. The van der Waals surface area contributed by atoms with E-state index in [2.05, 4.69) is 18.8 Å². The fraction of sp³-hybridized carbons (Fsp3) is 0.417. The molecule has 0 bridgehead atoms. The van der Waals surface area contributed by atoms with E-state index in [1.54, 1.807) is 11.3 Å². The number of nitrogens with two attached hydrogens (primary N) is 1. The van der Waals surface area contributed by atoms with Crippen LogP contribution >= 0.6 is 22.9 Å². The summed E-state index contributed by atoms with van der Waals surface area (Å²) in [5.74, 6) is 0. The first-order valence-electron chi connectivity index (χ1n) is 5.45. The first-order chi connectivity index (χ1) is 7.60. The van der Waals surface area contributed by atoms with Crippen LogP contribution in [0.25, 0.3) is 10.2 Å². The Balaban J connectivity index is 2.59. The molecule has 2 N–H and O–H groups in total. The molecule has 86 valence electrons. The van der Waals surface area contributed by atoms with Gasteiger partial charge in [0, 0.05) is 0 Å². The maximum Gasteiger partial charge on any atom is 0.114 e. The quantitative estimate of drug-likeness (QED) is 0.902. The Morgan fingerprint density at radius 1 is 1.38 bits per heavy atom. The van der Waals surface area contributed by atoms with Crippen molar-refractivity contribution in [1.82, 2.24) is 4.98 Å². The van der Waals surface area contributed by atoms with Crippen LogP contribution in [0.1, 0.15) is 31.7 Å². The molecule has 0 amide bonds. The molecule has 1 aromatic carbocycles. The lowest BCUT2D eigenvalue weighted by atomic mass is 9.95. The number of thiazole rings is 1. The van der Waals surface area contributed by atoms with E-state index in [1.165, 1.54) is 0 Å². The molecule has 2 rings (SSSR count). The molecule has 0 saturated heterocycles. The van der Waals surface area contributed by atoms with E-state index in [0.717, 1.165) is 33.1 Å². The molecule has 2 aromatic rings. The summed E-state index contributed by atoms with van der Waals surface area (Å²) in [7, 11) is 0. The van der Waals surface area contributed by atoms with Crippen LogP contribution in [0.2, 0.25) is 5.02 Å². The second-order valence-corrected chi connectivity index (χ2v) is 5.38. The summed E-state index contributed by atoms with van der Waals surface area (Å²) in [5, 5.41) is 1.75. The molecule has 0 saturated carbocycles. The molecular weight excluding hydrogens is 240 g/mol. The average molecular weight is 255 g/mol. The summed E-state index contributed by atoms with van der Waals surface area (Å²) in [5.41, 5.74) is 6.97. The van der Waals surface area contributed by atoms with Crippen molar-refractivity contribution in [2.24, 2.45) is 5.73 Å². The molecule has 0 spiro atoms. The third-order valence-corrected chi connectivity index (χ3v) is 4.81. The van der Waals surface area contributed by atoms with E-state index in [-0.39, 0.29) is 5.54 Å². The largest absolute Gasteiger partial charge is 0.319 e. The predicted octanol–water partition coefficient (Wildman–Crippen LogP) is 3.92. The van der Waals surface area contributed by atoms with Crippen molar-refractivity contribution in [2.75, 3.05) is 0 Å². The molecular formula is C12H15ClN2S. The van der Waals surface area contributed by atoms with Gasteiger partial charge < -0.3 is 5.73 Å². The summed E-state index contributed by atoms with van der Waals surface area (Å²) in [4.78, 5) is 4.60. The van der Waals surface area contributed by atoms with E-state index < -0.39 is 0 Å². The molecule has 0 aliphatic rings. The minimum atomic E-state index is -0.312. The Bertz CT molecular complexity index is 503. The maximum absolute atomic E-state index is 6.34. The first-order valence-corrected chi connectivity index (χ1v) is 6.64. The number of halogens is 1. The topological polar surface area (TPSA) is 38.9 Å². The van der Waals surface area contributed by atoms with E-state index in [1.807, 2.05) is 18.2 Å². The van der Waals surface area contributed by atoms with Crippen LogP contribution in [0.3, 0.4) is 0 Å². The Labute approximate surface area is 104 Å². The lowest BCUT2D eigenvalue weighted by molar-refractivity contribution is 0.411. The van der Waals surface area contributed by atoms with Gasteiger partial charge in [-0.2, -0.15) is 0 Å². The number of aromatic nitrogens is 1. The molecule has 4 heteroatoms. The fourth-order valence-electron chi connectivity index (χ4n) is 1.68. The summed E-state index contributed by atoms with van der Waals surface area (Å²) in [6, 6.07) is 5.79. The van der Waals surface area contributed by atoms with Crippen LogP contribution in [0, 0.1) is 0 Å². The number of hydrogen-bond acceptors (Lipinski definition) is 3. The number of rotatable bonds is 3. The lowest BCUT2D eigenvalue weighted by Crippen LogP contribution is -2.34. The van der Waals surface area contributed by atoms with Gasteiger partial charge in [0.2, 0.25) is 0 Å². The van der Waals surface area contributed by atoms with Crippen LogP contribution in [0.5, 0.6) is 0 Å². The van der Waals surface area contributed by atoms with Crippen LogP contribution in [-0.2, 0) is 5.54 Å². The molecule has 0 fully saturated rings. The minimum Gasteiger partial charge on any atom is -0.319 e. The highest BCUT2D eigenvalue weighted by atomic mass is 35.5. The van der Waals surface area contributed by atoms with Gasteiger partial charge in [-0.1, -0.05) is 31.5 Å². The highest BCUT2D eigenvalue weighted by Crippen LogP contribution is 2.35. The summed E-state index contributed by atoms with van der Waals surface area (Å²) in [6.07, 6.45) is 1.78. The highest BCUT2D eigenvalue weighted by Gasteiger charge is 2.27. The number of nitrogens with zero attached hydrogens (tertiary/aromatic N) is 1. The molecule has 2 nitrogen and oxygen atoms in total. The monoisotopic (exact) mass is 254 g/mol. The zero-order valence-corrected chi connectivity index (χ0v) is 11.0. The first kappa shape index (κ1) is 11.8. The van der Waals surface area contributed by atoms with Crippen LogP contribution < -0.4 is 5.73 Å². The zero-order valence-electron chi connectivity index (χ0n) is 9.46. The number of fused-ring (bicyclic) bond motifs is 1. The fourth-order valence-corrected chi connectivity index (χ4v) is 3.18. The van der Waals surface area contributed by atoms with E-state index in [0.29, 0.717) is 0 Å². The molecule has 0 radical (unpaired) electrons. The lowest BCUT2D eigenvalue weighted by Gasteiger charge is -2.23. The van der Waals surface area contributed by atoms with Crippen molar-refractivity contribution in [1.29, 1.82) is 0 Å². The minimum absolute atomic E-state index is 0.312. The molecule has 0 atom stereocenters. The number of hydrogen-bond donors (Lipinski definition) is 1. The summed E-state index contributed by atoms with van der Waals surface area (Å²) < 4.78 is 1.04. The van der Waals surface area contributed by atoms with Crippen LogP contribution in [-0.4, -0.2) is 4.98 Å². The van der Waals surface area contributed by atoms with Gasteiger partial charge in [-0.15, -0.1) is 11.3 Å². The molecule has 16 heavy (non-hydrogen) atoms. The highest BCUT2D eigenvalue weighted by molar-refractivity contribution is 7.19. The molecule has 0 aliphatic heterocycles. The molecule has 1 heterocycles. The van der Waals surface area contributed by atoms with Crippen molar-refractivity contribution in [3.8, 4) is 0 Å². The maximum atomic E-state index is 6.34. The van der Waals surface area contributed by atoms with Crippen molar-refractivity contribution in [2.45, 2.75) is 32.2 Å². The van der Waals surface area contributed by atoms with Gasteiger partial charge in [0.1, 0.15) is 5.01 Å². The summed E-state index contributed by atoms with van der Waals surface area (Å²) in [6.45, 7) is 4.19.